The van der Waals surface area contributed by atoms with E-state index in [2.05, 4.69) is 61.3 Å². The largest absolute Gasteiger partial charge is 0.255 e. The van der Waals surface area contributed by atoms with E-state index in [-0.39, 0.29) is 0 Å². The van der Waals surface area contributed by atoms with Crippen LogP contribution in [0.3, 0.4) is 0 Å². The Morgan fingerprint density at radius 3 is 2.09 bits per heavy atom. The molecule has 0 bridgehead atoms. The molecule has 160 valence electrons. The molecule has 33 heavy (non-hydrogen) atoms. The Hall–Kier alpha value is -4.31. The zero-order valence-electron chi connectivity index (χ0n) is 18.7. The predicted molar refractivity (Wildman–Crippen MR) is 137 cm³/mol. The summed E-state index contributed by atoms with van der Waals surface area (Å²) in [6, 6.07) is 34.6. The maximum absolute atomic E-state index is 5.15. The average Bonchev–Trinajstić information content (AvgIpc) is 3.22. The fraction of sp³-hybridized carbons (Fsp3) is 0.0690. The second-order valence-electron chi connectivity index (χ2n) is 7.95. The summed E-state index contributed by atoms with van der Waals surface area (Å²) in [6.07, 6.45) is 1.83. The first-order chi connectivity index (χ1) is 16.2. The van der Waals surface area contributed by atoms with Gasteiger partial charge in [0.25, 0.3) is 0 Å². The first-order valence-electron chi connectivity index (χ1n) is 11.0. The third-order valence-electron chi connectivity index (χ3n) is 5.60. The maximum atomic E-state index is 5.15. The molecule has 5 rings (SSSR count). The van der Waals surface area contributed by atoms with Gasteiger partial charge in [-0.2, -0.15) is 5.10 Å². The van der Waals surface area contributed by atoms with Crippen LogP contribution in [0.1, 0.15) is 22.4 Å². The van der Waals surface area contributed by atoms with Gasteiger partial charge in [0.15, 0.2) is 5.84 Å². The molecule has 1 heterocycles. The van der Waals surface area contributed by atoms with Crippen molar-refractivity contribution in [2.45, 2.75) is 13.8 Å². The van der Waals surface area contributed by atoms with Gasteiger partial charge >= 0.3 is 0 Å². The Bertz CT molecular complexity index is 1440. The van der Waals surface area contributed by atoms with Gasteiger partial charge in [0.05, 0.1) is 23.1 Å². The number of rotatable bonds is 4. The Morgan fingerprint density at radius 1 is 0.727 bits per heavy atom. The summed E-state index contributed by atoms with van der Waals surface area (Å²) in [5.74, 6) is 0.781. The number of hydrogen-bond acceptors (Lipinski definition) is 3. The molecule has 0 aliphatic heterocycles. The van der Waals surface area contributed by atoms with E-state index in [1.165, 1.54) is 0 Å². The third-order valence-corrected chi connectivity index (χ3v) is 5.60. The van der Waals surface area contributed by atoms with Crippen molar-refractivity contribution in [1.82, 2.24) is 9.78 Å². The van der Waals surface area contributed by atoms with E-state index < -0.39 is 0 Å². The Kier molecular flexibility index (Phi) is 5.64. The number of para-hydroxylation sites is 3. The molecule has 0 radical (unpaired) electrons. The van der Waals surface area contributed by atoms with Gasteiger partial charge in [-0.1, -0.05) is 84.9 Å². The number of aryl methyl sites for hydroxylation is 2. The second kappa shape index (κ2) is 9.05. The molecule has 0 N–H and O–H groups in total. The van der Waals surface area contributed by atoms with Gasteiger partial charge in [0.1, 0.15) is 5.69 Å². The number of fused-ring (bicyclic) bond motifs is 1. The molecule has 0 saturated carbocycles. The quantitative estimate of drug-likeness (QED) is 0.224. The topological polar surface area (TPSA) is 42.5 Å². The minimum Gasteiger partial charge on any atom is -0.255 e. The van der Waals surface area contributed by atoms with Crippen LogP contribution in [0, 0.1) is 13.8 Å². The van der Waals surface area contributed by atoms with Crippen molar-refractivity contribution in [2.24, 2.45) is 9.98 Å². The normalized spacial score (nSPS) is 12.0. The highest BCUT2D eigenvalue weighted by Gasteiger charge is 2.16. The van der Waals surface area contributed by atoms with Crippen LogP contribution in [-0.2, 0) is 0 Å². The van der Waals surface area contributed by atoms with E-state index in [0.717, 1.165) is 50.5 Å². The predicted octanol–water partition coefficient (Wildman–Crippen LogP) is 7.03. The zero-order valence-corrected chi connectivity index (χ0v) is 18.7. The molecule has 0 saturated heterocycles. The standard InChI is InChI=1S/C29H24N4/c1-21-12-11-13-22(2)28(21)31-29(23-14-5-3-6-15-23)33-27-19-10-9-18-25(27)26(32-33)20-30-24-16-7-4-8-17-24/h3-20H,1-2H3. The molecular formula is C29H24N4. The highest BCUT2D eigenvalue weighted by molar-refractivity contribution is 6.08. The highest BCUT2D eigenvalue weighted by atomic mass is 15.3. The Balaban J connectivity index is 1.72. The highest BCUT2D eigenvalue weighted by Crippen LogP contribution is 2.26. The molecule has 0 fully saturated rings. The van der Waals surface area contributed by atoms with Gasteiger partial charge in [-0.25, -0.2) is 9.67 Å². The molecule has 0 aliphatic carbocycles. The van der Waals surface area contributed by atoms with Gasteiger partial charge in [0.2, 0.25) is 0 Å². The fourth-order valence-electron chi connectivity index (χ4n) is 3.91. The zero-order chi connectivity index (χ0) is 22.6. The molecule has 0 unspecified atom stereocenters. The monoisotopic (exact) mass is 428 g/mol. The average molecular weight is 429 g/mol. The molecule has 0 atom stereocenters. The number of aromatic nitrogens is 2. The third kappa shape index (κ3) is 4.23. The fourth-order valence-corrected chi connectivity index (χ4v) is 3.91. The lowest BCUT2D eigenvalue weighted by atomic mass is 10.1. The van der Waals surface area contributed by atoms with Gasteiger partial charge in [-0.15, -0.1) is 0 Å². The maximum Gasteiger partial charge on any atom is 0.161 e. The lowest BCUT2D eigenvalue weighted by molar-refractivity contribution is 0.957. The van der Waals surface area contributed by atoms with Crippen LogP contribution >= 0.6 is 0 Å². The molecule has 4 aromatic carbocycles. The van der Waals surface area contributed by atoms with Crippen LogP contribution < -0.4 is 0 Å². The SMILES string of the molecule is Cc1cccc(C)c1N=C(c1ccccc1)n1nc(C=Nc2ccccc2)c2ccccc21. The van der Waals surface area contributed by atoms with Crippen LogP contribution in [0.5, 0.6) is 0 Å². The minimum absolute atomic E-state index is 0.781. The van der Waals surface area contributed by atoms with Gasteiger partial charge in [-0.3, -0.25) is 4.99 Å². The number of hydrogen-bond donors (Lipinski definition) is 0. The van der Waals surface area contributed by atoms with Crippen LogP contribution in [0.4, 0.5) is 11.4 Å². The van der Waals surface area contributed by atoms with Crippen molar-refractivity contribution in [1.29, 1.82) is 0 Å². The van der Waals surface area contributed by atoms with Crippen LogP contribution in [0.2, 0.25) is 0 Å². The Labute approximate surface area is 193 Å². The smallest absolute Gasteiger partial charge is 0.161 e. The molecule has 1 aromatic heterocycles. The summed E-state index contributed by atoms with van der Waals surface area (Å²) in [7, 11) is 0. The number of aliphatic imine (C=N–C) groups is 2. The summed E-state index contributed by atoms with van der Waals surface area (Å²) in [6.45, 7) is 4.18. The van der Waals surface area contributed by atoms with Crippen LogP contribution in [0.25, 0.3) is 10.9 Å². The van der Waals surface area contributed by atoms with Crippen molar-refractivity contribution in [2.75, 3.05) is 0 Å². The van der Waals surface area contributed by atoms with E-state index in [1.807, 2.05) is 71.6 Å². The van der Waals surface area contributed by atoms with E-state index in [1.54, 1.807) is 0 Å². The van der Waals surface area contributed by atoms with Gasteiger partial charge in [-0.05, 0) is 43.2 Å². The summed E-state index contributed by atoms with van der Waals surface area (Å²) in [5.41, 5.74) is 6.91. The Morgan fingerprint density at radius 2 is 1.36 bits per heavy atom. The van der Waals surface area contributed by atoms with Crippen molar-refractivity contribution in [3.63, 3.8) is 0 Å². The molecule has 4 heteroatoms. The van der Waals surface area contributed by atoms with E-state index in [0.29, 0.717) is 0 Å². The van der Waals surface area contributed by atoms with Crippen molar-refractivity contribution in [3.05, 3.63) is 126 Å². The van der Waals surface area contributed by atoms with Crippen molar-refractivity contribution < 1.29 is 0 Å². The van der Waals surface area contributed by atoms with Crippen molar-refractivity contribution in [3.8, 4) is 0 Å². The van der Waals surface area contributed by atoms with E-state index >= 15 is 0 Å². The van der Waals surface area contributed by atoms with E-state index in [4.69, 9.17) is 10.1 Å². The van der Waals surface area contributed by atoms with Gasteiger partial charge < -0.3 is 0 Å². The summed E-state index contributed by atoms with van der Waals surface area (Å²) >= 11 is 0. The molecule has 4 nitrogen and oxygen atoms in total. The summed E-state index contributed by atoms with van der Waals surface area (Å²) in [4.78, 5) is 9.80. The van der Waals surface area contributed by atoms with Crippen LogP contribution in [-0.4, -0.2) is 21.8 Å². The summed E-state index contributed by atoms with van der Waals surface area (Å²) in [5, 5.41) is 6.00. The molecule has 0 aliphatic rings. The first kappa shape index (κ1) is 20.6. The minimum atomic E-state index is 0.781. The number of benzene rings is 4. The lowest BCUT2D eigenvalue weighted by Crippen LogP contribution is -2.15. The molecule has 0 amide bonds. The molecule has 0 spiro atoms. The number of nitrogens with zero attached hydrogens (tertiary/aromatic N) is 4. The second-order valence-corrected chi connectivity index (χ2v) is 7.95. The first-order valence-corrected chi connectivity index (χ1v) is 11.0. The lowest BCUT2D eigenvalue weighted by Gasteiger charge is -2.11. The van der Waals surface area contributed by atoms with Gasteiger partial charge in [0, 0.05) is 10.9 Å². The molecular weight excluding hydrogens is 404 g/mol. The van der Waals surface area contributed by atoms with Crippen LogP contribution in [0.15, 0.2) is 113 Å². The molecule has 5 aromatic rings. The van der Waals surface area contributed by atoms with Crippen molar-refractivity contribution >= 4 is 34.3 Å². The van der Waals surface area contributed by atoms with E-state index in [9.17, 15) is 0 Å². The summed E-state index contributed by atoms with van der Waals surface area (Å²) < 4.78 is 1.93.